The van der Waals surface area contributed by atoms with E-state index in [4.69, 9.17) is 19.0 Å². The second-order valence-electron chi connectivity index (χ2n) is 4.90. The van der Waals surface area contributed by atoms with Crippen LogP contribution in [0, 0.1) is 5.92 Å². The summed E-state index contributed by atoms with van der Waals surface area (Å²) in [7, 11) is -4.63. The van der Waals surface area contributed by atoms with Gasteiger partial charge in [0.25, 0.3) is 0 Å². The molecule has 1 saturated carbocycles. The van der Waals surface area contributed by atoms with Crippen molar-refractivity contribution in [1.29, 1.82) is 0 Å². The van der Waals surface area contributed by atoms with Crippen molar-refractivity contribution < 1.29 is 28.4 Å². The van der Waals surface area contributed by atoms with Gasteiger partial charge in [0.2, 0.25) is 0 Å². The molecule has 1 rings (SSSR count). The molecule has 18 heavy (non-hydrogen) atoms. The molecule has 2 N–H and O–H groups in total. The zero-order valence-electron chi connectivity index (χ0n) is 10.5. The third kappa shape index (κ3) is 4.21. The van der Waals surface area contributed by atoms with Crippen molar-refractivity contribution in [2.24, 2.45) is 5.92 Å². The topological polar surface area (TPSA) is 93.1 Å². The molecule has 1 aliphatic rings. The normalized spacial score (nSPS) is 32.9. The third-order valence-electron chi connectivity index (χ3n) is 3.18. The first-order valence-electron chi connectivity index (χ1n) is 5.75. The molecule has 0 aromatic heterocycles. The lowest BCUT2D eigenvalue weighted by molar-refractivity contribution is -0.163. The molecule has 6 nitrogen and oxygen atoms in total. The van der Waals surface area contributed by atoms with Crippen LogP contribution in [0.5, 0.6) is 0 Å². The summed E-state index contributed by atoms with van der Waals surface area (Å²) in [6, 6.07) is 0. The summed E-state index contributed by atoms with van der Waals surface area (Å²) in [5.41, 5.74) is -1.16. The van der Waals surface area contributed by atoms with E-state index >= 15 is 0 Å². The van der Waals surface area contributed by atoms with Crippen molar-refractivity contribution >= 4 is 13.8 Å². The van der Waals surface area contributed by atoms with E-state index in [0.29, 0.717) is 18.8 Å². The fourth-order valence-electron chi connectivity index (χ4n) is 2.16. The minimum Gasteiger partial charge on any atom is -0.456 e. The molecule has 0 radical (unpaired) electrons. The molecule has 0 bridgehead atoms. The molecule has 0 aliphatic heterocycles. The van der Waals surface area contributed by atoms with Crippen LogP contribution in [0.2, 0.25) is 0 Å². The van der Waals surface area contributed by atoms with Crippen molar-refractivity contribution in [3.05, 3.63) is 12.7 Å². The van der Waals surface area contributed by atoms with Gasteiger partial charge in [0.05, 0.1) is 0 Å². The minimum atomic E-state index is -4.63. The molecule has 3 unspecified atom stereocenters. The van der Waals surface area contributed by atoms with Gasteiger partial charge in [-0.1, -0.05) is 13.5 Å². The fraction of sp³-hybridized carbons (Fsp3) is 0.727. The summed E-state index contributed by atoms with van der Waals surface area (Å²) in [5, 5.41) is 0. The Hall–Kier alpha value is -0.680. The van der Waals surface area contributed by atoms with Crippen LogP contribution < -0.4 is 0 Å². The Balaban J connectivity index is 2.87. The predicted octanol–water partition coefficient (Wildman–Crippen LogP) is 1.77. The summed E-state index contributed by atoms with van der Waals surface area (Å²) in [5.74, 6) is -0.310. The summed E-state index contributed by atoms with van der Waals surface area (Å²) in [6.07, 6.45) is 2.04. The molecule has 0 aromatic carbocycles. The van der Waals surface area contributed by atoms with Crippen LogP contribution in [-0.2, 0) is 18.6 Å². The fourth-order valence-corrected chi connectivity index (χ4v) is 2.92. The largest absolute Gasteiger partial charge is 0.470 e. The van der Waals surface area contributed by atoms with E-state index in [1.54, 1.807) is 6.92 Å². The molecule has 0 aromatic rings. The monoisotopic (exact) mass is 278 g/mol. The van der Waals surface area contributed by atoms with E-state index in [2.05, 4.69) is 6.58 Å². The van der Waals surface area contributed by atoms with Gasteiger partial charge in [-0.15, -0.1) is 0 Å². The first-order chi connectivity index (χ1) is 8.16. The Morgan fingerprint density at radius 1 is 1.56 bits per heavy atom. The Morgan fingerprint density at radius 3 is 2.67 bits per heavy atom. The summed E-state index contributed by atoms with van der Waals surface area (Å²) in [4.78, 5) is 29.1. The van der Waals surface area contributed by atoms with Crippen LogP contribution in [0.25, 0.3) is 0 Å². The smallest absolute Gasteiger partial charge is 0.456 e. The SMILES string of the molecule is C=CC(=O)OC1CC(C)CCC1(C)OP(=O)(O)O. The van der Waals surface area contributed by atoms with E-state index in [9.17, 15) is 9.36 Å². The van der Waals surface area contributed by atoms with Gasteiger partial charge in [0.1, 0.15) is 11.7 Å². The first kappa shape index (κ1) is 15.4. The number of rotatable bonds is 4. The predicted molar refractivity (Wildman–Crippen MR) is 64.6 cm³/mol. The average molecular weight is 278 g/mol. The Kier molecular flexibility index (Phi) is 4.72. The van der Waals surface area contributed by atoms with Crippen molar-refractivity contribution in [3.8, 4) is 0 Å². The Labute approximate surface area is 106 Å². The van der Waals surface area contributed by atoms with Crippen LogP contribution in [-0.4, -0.2) is 27.5 Å². The van der Waals surface area contributed by atoms with E-state index in [1.165, 1.54) is 0 Å². The van der Waals surface area contributed by atoms with E-state index < -0.39 is 25.5 Å². The zero-order chi connectivity index (χ0) is 14.0. The molecule has 0 spiro atoms. The van der Waals surface area contributed by atoms with Gasteiger partial charge in [0, 0.05) is 6.08 Å². The number of esters is 1. The van der Waals surface area contributed by atoms with E-state index in [-0.39, 0.29) is 0 Å². The molecule has 7 heteroatoms. The van der Waals surface area contributed by atoms with Crippen LogP contribution in [0.15, 0.2) is 12.7 Å². The molecular weight excluding hydrogens is 259 g/mol. The van der Waals surface area contributed by atoms with Crippen molar-refractivity contribution in [3.63, 3.8) is 0 Å². The maximum Gasteiger partial charge on any atom is 0.470 e. The first-order valence-corrected chi connectivity index (χ1v) is 7.28. The van der Waals surface area contributed by atoms with Crippen LogP contribution >= 0.6 is 7.82 Å². The highest BCUT2D eigenvalue weighted by Crippen LogP contribution is 2.48. The number of phosphoric acid groups is 1. The molecule has 3 atom stereocenters. The minimum absolute atomic E-state index is 0.307. The number of hydrogen-bond donors (Lipinski definition) is 2. The van der Waals surface area contributed by atoms with Gasteiger partial charge < -0.3 is 14.5 Å². The van der Waals surface area contributed by atoms with Gasteiger partial charge in [-0.05, 0) is 32.1 Å². The summed E-state index contributed by atoms with van der Waals surface area (Å²) >= 11 is 0. The molecule has 0 heterocycles. The van der Waals surface area contributed by atoms with Gasteiger partial charge >= 0.3 is 13.8 Å². The maximum absolute atomic E-state index is 11.3. The van der Waals surface area contributed by atoms with Gasteiger partial charge in [-0.2, -0.15) is 0 Å². The summed E-state index contributed by atoms with van der Waals surface area (Å²) < 4.78 is 21.0. The highest BCUT2D eigenvalue weighted by molar-refractivity contribution is 7.46. The average Bonchev–Trinajstić information content (AvgIpc) is 2.21. The Morgan fingerprint density at radius 2 is 2.17 bits per heavy atom. The molecular formula is C11H19O6P. The number of phosphoric ester groups is 1. The summed E-state index contributed by atoms with van der Waals surface area (Å²) in [6.45, 7) is 6.85. The van der Waals surface area contributed by atoms with Gasteiger partial charge in [-0.25, -0.2) is 9.36 Å². The van der Waals surface area contributed by atoms with E-state index in [0.717, 1.165) is 12.5 Å². The highest BCUT2D eigenvalue weighted by Gasteiger charge is 2.46. The standard InChI is InChI=1S/C11H19O6P/c1-4-10(12)16-9-7-8(2)5-6-11(9,3)17-18(13,14)15/h4,8-9H,1,5-7H2,2-3H3,(H2,13,14,15). The van der Waals surface area contributed by atoms with Gasteiger partial charge in [0.15, 0.2) is 0 Å². The second kappa shape index (κ2) is 5.53. The van der Waals surface area contributed by atoms with Crippen LogP contribution in [0.4, 0.5) is 0 Å². The van der Waals surface area contributed by atoms with Gasteiger partial charge in [-0.3, -0.25) is 4.52 Å². The molecule has 1 aliphatic carbocycles. The molecule has 104 valence electrons. The maximum atomic E-state index is 11.3. The Bertz CT molecular complexity index is 376. The zero-order valence-corrected chi connectivity index (χ0v) is 11.4. The molecule has 0 saturated heterocycles. The second-order valence-corrected chi connectivity index (χ2v) is 6.07. The number of ether oxygens (including phenoxy) is 1. The molecule has 0 amide bonds. The molecule has 1 fully saturated rings. The van der Waals surface area contributed by atoms with Crippen molar-refractivity contribution in [1.82, 2.24) is 0 Å². The van der Waals surface area contributed by atoms with E-state index in [1.807, 2.05) is 6.92 Å². The lowest BCUT2D eigenvalue weighted by Crippen LogP contribution is -2.48. The highest BCUT2D eigenvalue weighted by atomic mass is 31.2. The van der Waals surface area contributed by atoms with Crippen LogP contribution in [0.1, 0.15) is 33.1 Å². The number of hydrogen-bond acceptors (Lipinski definition) is 4. The lowest BCUT2D eigenvalue weighted by Gasteiger charge is -2.42. The number of carbonyl (C=O) groups excluding carboxylic acids is 1. The van der Waals surface area contributed by atoms with Crippen molar-refractivity contribution in [2.75, 3.05) is 0 Å². The number of carbonyl (C=O) groups is 1. The quantitative estimate of drug-likeness (QED) is 0.462. The van der Waals surface area contributed by atoms with Crippen LogP contribution in [0.3, 0.4) is 0 Å². The lowest BCUT2D eigenvalue weighted by atomic mass is 9.78. The van der Waals surface area contributed by atoms with Crippen molar-refractivity contribution in [2.45, 2.75) is 44.8 Å². The third-order valence-corrected chi connectivity index (χ3v) is 3.84.